The summed E-state index contributed by atoms with van der Waals surface area (Å²) >= 11 is 0. The van der Waals surface area contributed by atoms with Gasteiger partial charge in [0.25, 0.3) is 0 Å². The quantitative estimate of drug-likeness (QED) is 0.413. The lowest BCUT2D eigenvalue weighted by atomic mass is 10.5. The number of hydrogen-bond donors (Lipinski definition) is 2. The molecule has 0 unspecified atom stereocenters. The molecule has 0 spiro atoms. The zero-order chi connectivity index (χ0) is 11.8. The van der Waals surface area contributed by atoms with Crippen LogP contribution in [0.25, 0.3) is 0 Å². The van der Waals surface area contributed by atoms with Gasteiger partial charge in [-0.2, -0.15) is 0 Å². The molecule has 1 aromatic rings. The van der Waals surface area contributed by atoms with Gasteiger partial charge in [0.15, 0.2) is 12.0 Å². The summed E-state index contributed by atoms with van der Waals surface area (Å²) in [5.74, 6) is -1.42. The summed E-state index contributed by atoms with van der Waals surface area (Å²) in [6, 6.07) is 2.37. The van der Waals surface area contributed by atoms with Crippen molar-refractivity contribution in [2.75, 3.05) is 6.54 Å². The molecule has 0 saturated carbocycles. The maximum Gasteiger partial charge on any atom is 0.433 e. The van der Waals surface area contributed by atoms with Gasteiger partial charge in [0.2, 0.25) is 0 Å². The van der Waals surface area contributed by atoms with Crippen molar-refractivity contribution >= 4 is 18.1 Å². The van der Waals surface area contributed by atoms with E-state index in [-0.39, 0.29) is 12.3 Å². The van der Waals surface area contributed by atoms with Crippen molar-refractivity contribution in [2.24, 2.45) is 5.73 Å². The van der Waals surface area contributed by atoms with E-state index in [4.69, 9.17) is 5.11 Å². The Morgan fingerprint density at radius 2 is 2.20 bits per heavy atom. The summed E-state index contributed by atoms with van der Waals surface area (Å²) in [6.07, 6.45) is 0.410. The Morgan fingerprint density at radius 3 is 2.40 bits per heavy atom. The molecule has 8 heteroatoms. The van der Waals surface area contributed by atoms with Crippen LogP contribution in [-0.2, 0) is 4.79 Å². The lowest BCUT2D eigenvalue weighted by Gasteiger charge is -1.79. The molecule has 0 saturated heterocycles. The van der Waals surface area contributed by atoms with Crippen LogP contribution in [0.3, 0.4) is 0 Å². The Morgan fingerprint density at radius 1 is 1.67 bits per heavy atom. The van der Waals surface area contributed by atoms with Gasteiger partial charge in [-0.3, -0.25) is 19.7 Å². The average Bonchev–Trinajstić information content (AvgIpc) is 2.67. The molecular formula is C7H8N2O6. The van der Waals surface area contributed by atoms with Crippen LogP contribution < -0.4 is 5.73 Å². The van der Waals surface area contributed by atoms with E-state index in [1.165, 1.54) is 6.07 Å². The minimum Gasteiger partial charge on any atom is -0.480 e. The molecule has 1 heterocycles. The summed E-state index contributed by atoms with van der Waals surface area (Å²) < 4.78 is 4.43. The standard InChI is InChI=1S/C5H3NO4.C2H5NO2/c7-3-4-1-2-5(10-4)6(8)9;3-1-2(4)5/h1-3H;1,3H2,(H,4,5). The zero-order valence-corrected chi connectivity index (χ0v) is 7.45. The molecule has 1 aromatic heterocycles. The van der Waals surface area contributed by atoms with Crippen molar-refractivity contribution in [2.45, 2.75) is 0 Å². The average molecular weight is 216 g/mol. The second-order valence-electron chi connectivity index (χ2n) is 2.15. The number of hydrogen-bond acceptors (Lipinski definition) is 6. The third-order valence-electron chi connectivity index (χ3n) is 1.08. The summed E-state index contributed by atoms with van der Waals surface area (Å²) in [5, 5.41) is 17.5. The molecule has 0 aliphatic rings. The maximum absolute atomic E-state index is 9.93. The second kappa shape index (κ2) is 6.27. The summed E-state index contributed by atoms with van der Waals surface area (Å²) in [4.78, 5) is 28.4. The smallest absolute Gasteiger partial charge is 0.433 e. The number of carboxylic acid groups (broad SMARTS) is 1. The van der Waals surface area contributed by atoms with Gasteiger partial charge < -0.3 is 15.3 Å². The number of aliphatic carboxylic acids is 1. The Balaban J connectivity index is 0.000000336. The minimum atomic E-state index is -0.968. The monoisotopic (exact) mass is 216 g/mol. The van der Waals surface area contributed by atoms with Crippen molar-refractivity contribution in [3.05, 3.63) is 28.0 Å². The molecule has 0 aliphatic carbocycles. The minimum absolute atomic E-state index is 0.0355. The van der Waals surface area contributed by atoms with Crippen LogP contribution in [0.5, 0.6) is 0 Å². The van der Waals surface area contributed by atoms with Gasteiger partial charge in [-0.25, -0.2) is 0 Å². The van der Waals surface area contributed by atoms with Gasteiger partial charge in [0, 0.05) is 0 Å². The molecule has 1 rings (SSSR count). The van der Waals surface area contributed by atoms with E-state index in [9.17, 15) is 19.7 Å². The first kappa shape index (κ1) is 12.8. The van der Waals surface area contributed by atoms with E-state index in [0.717, 1.165) is 6.07 Å². The Labute approximate surface area is 83.4 Å². The summed E-state index contributed by atoms with van der Waals surface area (Å²) in [5.41, 5.74) is 4.57. The van der Waals surface area contributed by atoms with Crippen LogP contribution >= 0.6 is 0 Å². The summed E-state index contributed by atoms with van der Waals surface area (Å²) in [6.45, 7) is -0.278. The van der Waals surface area contributed by atoms with Gasteiger partial charge in [-0.05, 0) is 6.07 Å². The van der Waals surface area contributed by atoms with Crippen molar-refractivity contribution in [3.63, 3.8) is 0 Å². The number of nitrogens with two attached hydrogens (primary N) is 1. The van der Waals surface area contributed by atoms with Gasteiger partial charge in [-0.1, -0.05) is 0 Å². The van der Waals surface area contributed by atoms with Crippen LogP contribution in [0.15, 0.2) is 16.5 Å². The van der Waals surface area contributed by atoms with Crippen molar-refractivity contribution in [3.8, 4) is 0 Å². The van der Waals surface area contributed by atoms with Crippen molar-refractivity contribution in [1.29, 1.82) is 0 Å². The number of aldehydes is 1. The maximum atomic E-state index is 9.93. The van der Waals surface area contributed by atoms with E-state index in [1.807, 2.05) is 0 Å². The number of carboxylic acids is 1. The molecule has 15 heavy (non-hydrogen) atoms. The van der Waals surface area contributed by atoms with Crippen LogP contribution in [0.4, 0.5) is 5.88 Å². The van der Waals surface area contributed by atoms with Gasteiger partial charge >= 0.3 is 11.9 Å². The van der Waals surface area contributed by atoms with E-state index in [2.05, 4.69) is 10.2 Å². The Bertz CT molecular complexity index is 358. The Hall–Kier alpha value is -2.22. The molecular weight excluding hydrogens is 208 g/mol. The number of nitrogens with zero attached hydrogens (tertiary/aromatic N) is 1. The largest absolute Gasteiger partial charge is 0.480 e. The van der Waals surface area contributed by atoms with Crippen LogP contribution in [0, 0.1) is 10.1 Å². The fraction of sp³-hybridized carbons (Fsp3) is 0.143. The zero-order valence-electron chi connectivity index (χ0n) is 7.45. The van der Waals surface area contributed by atoms with Crippen molar-refractivity contribution in [1.82, 2.24) is 0 Å². The SMILES string of the molecule is NCC(=O)O.O=Cc1ccc([N+](=O)[O-])o1. The molecule has 8 nitrogen and oxygen atoms in total. The first-order chi connectivity index (χ1) is 7.01. The number of nitro groups is 1. The van der Waals surface area contributed by atoms with Crippen LogP contribution in [0.2, 0.25) is 0 Å². The highest BCUT2D eigenvalue weighted by Crippen LogP contribution is 2.13. The first-order valence-electron chi connectivity index (χ1n) is 3.62. The van der Waals surface area contributed by atoms with E-state index >= 15 is 0 Å². The van der Waals surface area contributed by atoms with E-state index in [1.54, 1.807) is 0 Å². The number of carbonyl (C=O) groups excluding carboxylic acids is 1. The fourth-order valence-corrected chi connectivity index (χ4v) is 0.504. The number of rotatable bonds is 3. The molecule has 0 atom stereocenters. The predicted octanol–water partition coefficient (Wildman–Crippen LogP) is 0.0300. The molecule has 0 aromatic carbocycles. The van der Waals surface area contributed by atoms with Gasteiger partial charge in [0.1, 0.15) is 4.92 Å². The van der Waals surface area contributed by atoms with Gasteiger partial charge in [0.05, 0.1) is 12.6 Å². The first-order valence-corrected chi connectivity index (χ1v) is 3.62. The Kier molecular flexibility index (Phi) is 5.34. The third kappa shape index (κ3) is 5.16. The van der Waals surface area contributed by atoms with Gasteiger partial charge in [-0.15, -0.1) is 0 Å². The highest BCUT2D eigenvalue weighted by Gasteiger charge is 2.10. The molecule has 0 bridgehead atoms. The second-order valence-corrected chi connectivity index (χ2v) is 2.15. The molecule has 0 aliphatic heterocycles. The molecule has 0 fully saturated rings. The number of furan rings is 1. The highest BCUT2D eigenvalue weighted by atomic mass is 16.6. The lowest BCUT2D eigenvalue weighted by molar-refractivity contribution is -0.402. The fourth-order valence-electron chi connectivity index (χ4n) is 0.504. The number of carbonyl (C=O) groups is 2. The van der Waals surface area contributed by atoms with Crippen molar-refractivity contribution < 1.29 is 24.0 Å². The molecule has 0 radical (unpaired) electrons. The molecule has 3 N–H and O–H groups in total. The third-order valence-corrected chi connectivity index (χ3v) is 1.08. The predicted molar refractivity (Wildman–Crippen MR) is 47.4 cm³/mol. The highest BCUT2D eigenvalue weighted by molar-refractivity contribution is 5.70. The summed E-state index contributed by atoms with van der Waals surface area (Å²) in [7, 11) is 0. The van der Waals surface area contributed by atoms with E-state index in [0.29, 0.717) is 6.29 Å². The molecule has 0 amide bonds. The normalized spacial score (nSPS) is 8.60. The lowest BCUT2D eigenvalue weighted by Crippen LogP contribution is -2.10. The topological polar surface area (TPSA) is 137 Å². The molecule has 82 valence electrons. The van der Waals surface area contributed by atoms with Crippen LogP contribution in [-0.4, -0.2) is 28.8 Å². The van der Waals surface area contributed by atoms with E-state index < -0.39 is 16.8 Å². The van der Waals surface area contributed by atoms with Crippen LogP contribution in [0.1, 0.15) is 10.6 Å².